The van der Waals surface area contributed by atoms with Crippen molar-refractivity contribution in [2.24, 2.45) is 5.14 Å². The molecule has 14 heteroatoms. The predicted molar refractivity (Wildman–Crippen MR) is 166 cm³/mol. The number of primary sulfonamides is 1. The van der Waals surface area contributed by atoms with Gasteiger partial charge in [-0.15, -0.1) is 0 Å². The Balaban J connectivity index is 1.51. The Labute approximate surface area is 258 Å². The van der Waals surface area contributed by atoms with Crippen LogP contribution >= 0.6 is 11.8 Å². The van der Waals surface area contributed by atoms with Gasteiger partial charge in [-0.3, -0.25) is 14.2 Å². The number of rotatable bonds is 13. The number of benzene rings is 3. The van der Waals surface area contributed by atoms with Crippen LogP contribution in [0, 0.1) is 0 Å². The van der Waals surface area contributed by atoms with Gasteiger partial charge >= 0.3 is 5.97 Å². The molecule has 0 fully saturated rings. The molecular weight excluding hydrogens is 608 g/mol. The number of hydrogen-bond acceptors (Lipinski definition) is 10. The number of aryl methyl sites for hydroxylation is 1. The predicted octanol–water partition coefficient (Wildman–Crippen LogP) is 2.54. The summed E-state index contributed by atoms with van der Waals surface area (Å²) in [6.45, 7) is 0.586. The summed E-state index contributed by atoms with van der Waals surface area (Å²) in [6, 6.07) is 16.1. The molecule has 0 unspecified atom stereocenters. The number of carbonyl (C=O) groups is 2. The molecule has 4 aromatic rings. The molecule has 3 N–H and O–H groups in total. The van der Waals surface area contributed by atoms with Crippen LogP contribution in [0.1, 0.15) is 21.5 Å². The number of ether oxygens (including phenoxy) is 3. The summed E-state index contributed by atoms with van der Waals surface area (Å²) in [4.78, 5) is 43.0. The van der Waals surface area contributed by atoms with E-state index >= 15 is 0 Å². The Morgan fingerprint density at radius 2 is 1.64 bits per heavy atom. The third kappa shape index (κ3) is 7.95. The highest BCUT2D eigenvalue weighted by atomic mass is 32.2. The fourth-order valence-electron chi connectivity index (χ4n) is 4.40. The van der Waals surface area contributed by atoms with E-state index in [1.165, 1.54) is 42.0 Å². The molecule has 1 heterocycles. The summed E-state index contributed by atoms with van der Waals surface area (Å²) in [5, 5.41) is 8.65. The van der Waals surface area contributed by atoms with Crippen molar-refractivity contribution in [3.05, 3.63) is 87.7 Å². The summed E-state index contributed by atoms with van der Waals surface area (Å²) >= 11 is 1.09. The number of esters is 1. The number of sulfonamides is 1. The van der Waals surface area contributed by atoms with Gasteiger partial charge in [-0.05, 0) is 66.4 Å². The fraction of sp³-hybridized carbons (Fsp3) is 0.267. The third-order valence-electron chi connectivity index (χ3n) is 6.73. The van der Waals surface area contributed by atoms with E-state index in [0.717, 1.165) is 22.9 Å². The van der Waals surface area contributed by atoms with Crippen molar-refractivity contribution in [1.82, 2.24) is 14.9 Å². The van der Waals surface area contributed by atoms with Gasteiger partial charge in [-0.1, -0.05) is 30.0 Å². The van der Waals surface area contributed by atoms with E-state index < -0.39 is 16.0 Å². The number of fused-ring (bicyclic) bond motifs is 1. The Morgan fingerprint density at radius 1 is 0.932 bits per heavy atom. The van der Waals surface area contributed by atoms with Crippen LogP contribution in [0.3, 0.4) is 0 Å². The van der Waals surface area contributed by atoms with Crippen LogP contribution in [0.4, 0.5) is 0 Å². The van der Waals surface area contributed by atoms with E-state index in [1.54, 1.807) is 32.4 Å². The van der Waals surface area contributed by atoms with Gasteiger partial charge in [0, 0.05) is 13.1 Å². The van der Waals surface area contributed by atoms with E-state index in [9.17, 15) is 22.8 Å². The zero-order valence-electron chi connectivity index (χ0n) is 24.4. The van der Waals surface area contributed by atoms with Crippen LogP contribution in [-0.4, -0.2) is 63.5 Å². The molecule has 0 aliphatic rings. The van der Waals surface area contributed by atoms with Gasteiger partial charge in [-0.25, -0.2) is 23.3 Å². The number of hydrogen-bond donors (Lipinski definition) is 2. The Hall–Kier alpha value is -4.40. The zero-order chi connectivity index (χ0) is 31.9. The number of nitrogens with one attached hydrogen (secondary N) is 1. The van der Waals surface area contributed by atoms with E-state index in [1.807, 2.05) is 12.1 Å². The van der Waals surface area contributed by atoms with Crippen molar-refractivity contribution in [3.8, 4) is 11.5 Å². The quantitative estimate of drug-likeness (QED) is 0.126. The second kappa shape index (κ2) is 14.4. The van der Waals surface area contributed by atoms with E-state index in [4.69, 9.17) is 19.3 Å². The highest BCUT2D eigenvalue weighted by Crippen LogP contribution is 2.27. The highest BCUT2D eigenvalue weighted by molar-refractivity contribution is 7.99. The van der Waals surface area contributed by atoms with Crippen LogP contribution in [0.25, 0.3) is 10.9 Å². The lowest BCUT2D eigenvalue weighted by Gasteiger charge is -2.14. The molecule has 0 spiro atoms. The van der Waals surface area contributed by atoms with E-state index in [-0.39, 0.29) is 34.2 Å². The Morgan fingerprint density at radius 3 is 2.30 bits per heavy atom. The molecule has 232 valence electrons. The Bertz CT molecular complexity index is 1840. The molecule has 1 amide bonds. The first kappa shape index (κ1) is 32.5. The maximum Gasteiger partial charge on any atom is 0.337 e. The number of nitrogens with zero attached hydrogens (tertiary/aromatic N) is 2. The summed E-state index contributed by atoms with van der Waals surface area (Å²) in [5.74, 6) is 0.388. The zero-order valence-corrected chi connectivity index (χ0v) is 26.0. The molecular formula is C30H32N4O8S2. The van der Waals surface area contributed by atoms with Gasteiger partial charge in [0.05, 0.1) is 48.4 Å². The molecule has 12 nitrogen and oxygen atoms in total. The first-order valence-electron chi connectivity index (χ1n) is 13.4. The number of thioether (sulfide) groups is 1. The molecule has 0 radical (unpaired) electrons. The minimum atomic E-state index is -3.83. The summed E-state index contributed by atoms with van der Waals surface area (Å²) in [5.41, 5.74) is 1.92. The van der Waals surface area contributed by atoms with Crippen molar-refractivity contribution < 1.29 is 32.2 Å². The van der Waals surface area contributed by atoms with Crippen LogP contribution < -0.4 is 25.5 Å². The maximum atomic E-state index is 13.6. The molecule has 1 aromatic heterocycles. The van der Waals surface area contributed by atoms with Crippen molar-refractivity contribution in [1.29, 1.82) is 0 Å². The number of aromatic nitrogens is 2. The lowest BCUT2D eigenvalue weighted by Crippen LogP contribution is -2.29. The molecule has 0 aliphatic carbocycles. The first-order chi connectivity index (χ1) is 21.0. The minimum Gasteiger partial charge on any atom is -0.493 e. The molecule has 0 saturated heterocycles. The fourth-order valence-corrected chi connectivity index (χ4v) is 5.77. The Kier molecular flexibility index (Phi) is 10.6. The minimum absolute atomic E-state index is 0.0103. The maximum absolute atomic E-state index is 13.6. The smallest absolute Gasteiger partial charge is 0.337 e. The van der Waals surface area contributed by atoms with E-state index in [2.05, 4.69) is 10.3 Å². The third-order valence-corrected chi connectivity index (χ3v) is 8.64. The van der Waals surface area contributed by atoms with Crippen molar-refractivity contribution in [3.63, 3.8) is 0 Å². The van der Waals surface area contributed by atoms with Gasteiger partial charge < -0.3 is 19.5 Å². The number of amides is 1. The summed E-state index contributed by atoms with van der Waals surface area (Å²) in [6.07, 6.45) is 0.944. The number of methoxy groups -OCH3 is 3. The second-order valence-electron chi connectivity index (χ2n) is 9.59. The molecule has 44 heavy (non-hydrogen) atoms. The van der Waals surface area contributed by atoms with Gasteiger partial charge in [0.15, 0.2) is 16.7 Å². The topological polar surface area (TPSA) is 169 Å². The van der Waals surface area contributed by atoms with Crippen molar-refractivity contribution in [2.75, 3.05) is 33.6 Å². The molecule has 0 bridgehead atoms. The van der Waals surface area contributed by atoms with Crippen LogP contribution in [-0.2, 0) is 38.9 Å². The average molecular weight is 641 g/mol. The van der Waals surface area contributed by atoms with E-state index in [0.29, 0.717) is 46.9 Å². The number of carbonyl (C=O) groups excluding carboxylic acids is 2. The van der Waals surface area contributed by atoms with Crippen LogP contribution in [0.5, 0.6) is 11.5 Å². The largest absolute Gasteiger partial charge is 0.493 e. The SMILES string of the molecule is COC(=O)c1ccc2c(=O)n(CCc3ccc(S(N)(=O)=O)cc3)c(SCC(=O)NCCc3ccc(OC)c(OC)c3)nc2c1. The molecule has 0 saturated carbocycles. The molecule has 4 rings (SSSR count). The average Bonchev–Trinajstić information content (AvgIpc) is 3.02. The standard InChI is InChI=1S/C30H32N4O8S2/c1-40-25-11-6-20(16-26(25)41-2)12-14-32-27(35)18-43-30-33-24-17-21(29(37)42-3)7-10-23(24)28(36)34(30)15-13-19-4-8-22(9-5-19)44(31,38)39/h4-11,16-17H,12-15,18H2,1-3H3,(H,32,35)(H2,31,38,39). The lowest BCUT2D eigenvalue weighted by atomic mass is 10.1. The first-order valence-corrected chi connectivity index (χ1v) is 15.9. The van der Waals surface area contributed by atoms with Gasteiger partial charge in [0.2, 0.25) is 15.9 Å². The highest BCUT2D eigenvalue weighted by Gasteiger charge is 2.16. The summed E-state index contributed by atoms with van der Waals surface area (Å²) < 4.78 is 40.0. The molecule has 0 atom stereocenters. The van der Waals surface area contributed by atoms with Gasteiger partial charge in [0.1, 0.15) is 0 Å². The van der Waals surface area contributed by atoms with Crippen molar-refractivity contribution >= 4 is 44.6 Å². The monoisotopic (exact) mass is 640 g/mol. The normalized spacial score (nSPS) is 11.3. The lowest BCUT2D eigenvalue weighted by molar-refractivity contribution is -0.118. The second-order valence-corrected chi connectivity index (χ2v) is 12.1. The van der Waals surface area contributed by atoms with Crippen LogP contribution in [0.15, 0.2) is 75.5 Å². The molecule has 0 aliphatic heterocycles. The van der Waals surface area contributed by atoms with Crippen LogP contribution in [0.2, 0.25) is 0 Å². The van der Waals surface area contributed by atoms with Gasteiger partial charge in [-0.2, -0.15) is 0 Å². The number of nitrogens with two attached hydrogens (primary N) is 1. The van der Waals surface area contributed by atoms with Gasteiger partial charge in [0.25, 0.3) is 5.56 Å². The van der Waals surface area contributed by atoms with Crippen molar-refractivity contribution in [2.45, 2.75) is 29.4 Å². The summed E-state index contributed by atoms with van der Waals surface area (Å²) in [7, 11) is 0.550. The molecule has 3 aromatic carbocycles.